The zero-order valence-electron chi connectivity index (χ0n) is 16.1. The maximum absolute atomic E-state index is 14.1. The Morgan fingerprint density at radius 3 is 2.70 bits per heavy atom. The number of amides is 1. The Labute approximate surface area is 172 Å². The molecule has 30 heavy (non-hydrogen) atoms. The number of benzene rings is 1. The second-order valence-corrected chi connectivity index (χ2v) is 6.46. The van der Waals surface area contributed by atoms with Crippen molar-refractivity contribution in [3.63, 3.8) is 0 Å². The third-order valence-corrected chi connectivity index (χ3v) is 4.48. The smallest absolute Gasteiger partial charge is 0.260 e. The molecule has 7 nitrogen and oxygen atoms in total. The van der Waals surface area contributed by atoms with E-state index >= 15 is 0 Å². The molecular weight excluding hydrogens is 385 g/mol. The van der Waals surface area contributed by atoms with Gasteiger partial charge in [-0.1, -0.05) is 12.1 Å². The van der Waals surface area contributed by atoms with Crippen LogP contribution in [-0.2, 0) is 6.61 Å². The molecule has 0 aliphatic carbocycles. The van der Waals surface area contributed by atoms with Crippen molar-refractivity contribution in [2.24, 2.45) is 0 Å². The lowest BCUT2D eigenvalue weighted by atomic mass is 10.2. The van der Waals surface area contributed by atoms with E-state index in [-0.39, 0.29) is 11.5 Å². The van der Waals surface area contributed by atoms with E-state index in [4.69, 9.17) is 4.74 Å². The molecule has 0 spiro atoms. The maximum Gasteiger partial charge on any atom is 0.260 e. The molecule has 3 aromatic heterocycles. The molecule has 0 saturated heterocycles. The molecule has 4 aromatic rings. The van der Waals surface area contributed by atoms with Crippen LogP contribution in [0, 0.1) is 12.7 Å². The Balaban J connectivity index is 1.53. The Bertz CT molecular complexity index is 1180. The van der Waals surface area contributed by atoms with Crippen molar-refractivity contribution in [1.82, 2.24) is 19.7 Å². The van der Waals surface area contributed by atoms with Crippen molar-refractivity contribution >= 4 is 11.7 Å². The minimum absolute atomic E-state index is 0.272. The molecular formula is C22H18FN5O2. The molecule has 0 atom stereocenters. The number of anilines is 1. The maximum atomic E-state index is 14.1. The number of rotatable bonds is 6. The zero-order chi connectivity index (χ0) is 20.9. The van der Waals surface area contributed by atoms with Crippen LogP contribution in [0.4, 0.5) is 10.2 Å². The fraction of sp³-hybridized carbons (Fsp3) is 0.0909. The van der Waals surface area contributed by atoms with Crippen LogP contribution >= 0.6 is 0 Å². The van der Waals surface area contributed by atoms with E-state index in [1.807, 2.05) is 12.1 Å². The number of pyridine rings is 2. The fourth-order valence-electron chi connectivity index (χ4n) is 2.91. The van der Waals surface area contributed by atoms with E-state index in [2.05, 4.69) is 20.4 Å². The molecule has 1 aromatic carbocycles. The first kappa shape index (κ1) is 19.3. The second kappa shape index (κ2) is 8.52. The van der Waals surface area contributed by atoms with E-state index in [1.54, 1.807) is 55.8 Å². The number of nitrogens with one attached hydrogen (secondary N) is 1. The van der Waals surface area contributed by atoms with Gasteiger partial charge in [-0.05, 0) is 48.9 Å². The van der Waals surface area contributed by atoms with Crippen LogP contribution < -0.4 is 10.1 Å². The predicted molar refractivity (Wildman–Crippen MR) is 109 cm³/mol. The summed E-state index contributed by atoms with van der Waals surface area (Å²) in [5, 5.41) is 6.92. The number of hydrogen-bond acceptors (Lipinski definition) is 5. The summed E-state index contributed by atoms with van der Waals surface area (Å²) < 4.78 is 21.3. The van der Waals surface area contributed by atoms with Gasteiger partial charge in [0.15, 0.2) is 11.6 Å². The summed E-state index contributed by atoms with van der Waals surface area (Å²) in [5.74, 6) is -0.119. The van der Waals surface area contributed by atoms with Gasteiger partial charge in [-0.15, -0.1) is 0 Å². The summed E-state index contributed by atoms with van der Waals surface area (Å²) in [7, 11) is 0. The monoisotopic (exact) mass is 403 g/mol. The normalized spacial score (nSPS) is 10.6. The number of carbonyl (C=O) groups is 1. The van der Waals surface area contributed by atoms with E-state index in [1.165, 1.54) is 16.9 Å². The van der Waals surface area contributed by atoms with Gasteiger partial charge in [-0.2, -0.15) is 5.10 Å². The highest BCUT2D eigenvalue weighted by atomic mass is 19.1. The predicted octanol–water partition coefficient (Wildman–Crippen LogP) is 3.94. The molecule has 0 bridgehead atoms. The molecule has 0 aliphatic heterocycles. The van der Waals surface area contributed by atoms with Gasteiger partial charge in [0.25, 0.3) is 5.91 Å². The number of carbonyl (C=O) groups excluding carboxylic acids is 1. The topological polar surface area (TPSA) is 81.9 Å². The van der Waals surface area contributed by atoms with Gasteiger partial charge in [0.1, 0.15) is 18.1 Å². The van der Waals surface area contributed by atoms with Crippen LogP contribution in [0.25, 0.3) is 5.69 Å². The van der Waals surface area contributed by atoms with Gasteiger partial charge in [-0.25, -0.2) is 14.1 Å². The number of halogens is 1. The highest BCUT2D eigenvalue weighted by Gasteiger charge is 2.18. The molecule has 8 heteroatoms. The molecule has 0 aliphatic rings. The van der Waals surface area contributed by atoms with Crippen molar-refractivity contribution in [3.8, 4) is 11.4 Å². The Hall–Kier alpha value is -4.07. The van der Waals surface area contributed by atoms with Crippen LogP contribution in [0.5, 0.6) is 5.75 Å². The summed E-state index contributed by atoms with van der Waals surface area (Å²) in [6.45, 7) is 2.01. The molecule has 4 rings (SSSR count). The van der Waals surface area contributed by atoms with Crippen LogP contribution in [0.2, 0.25) is 0 Å². The minimum Gasteiger partial charge on any atom is -0.485 e. The Kier molecular flexibility index (Phi) is 5.47. The van der Waals surface area contributed by atoms with E-state index in [9.17, 15) is 9.18 Å². The zero-order valence-corrected chi connectivity index (χ0v) is 16.1. The van der Waals surface area contributed by atoms with Crippen molar-refractivity contribution < 1.29 is 13.9 Å². The molecule has 1 N–H and O–H groups in total. The largest absolute Gasteiger partial charge is 0.485 e. The van der Waals surface area contributed by atoms with Gasteiger partial charge in [0, 0.05) is 18.6 Å². The average Bonchev–Trinajstić information content (AvgIpc) is 3.15. The molecule has 0 fully saturated rings. The Morgan fingerprint density at radius 1 is 1.10 bits per heavy atom. The van der Waals surface area contributed by atoms with Crippen molar-refractivity contribution in [3.05, 3.63) is 96.0 Å². The fourth-order valence-corrected chi connectivity index (χ4v) is 2.91. The number of hydrogen-bond donors (Lipinski definition) is 1. The third-order valence-electron chi connectivity index (χ3n) is 4.48. The van der Waals surface area contributed by atoms with Crippen molar-refractivity contribution in [2.75, 3.05) is 5.32 Å². The lowest BCUT2D eigenvalue weighted by molar-refractivity contribution is 0.102. The second-order valence-electron chi connectivity index (χ2n) is 6.46. The molecule has 0 saturated carbocycles. The third kappa shape index (κ3) is 4.02. The Morgan fingerprint density at radius 2 is 1.90 bits per heavy atom. The van der Waals surface area contributed by atoms with Gasteiger partial charge >= 0.3 is 0 Å². The van der Waals surface area contributed by atoms with Crippen molar-refractivity contribution in [2.45, 2.75) is 13.5 Å². The standard InChI is InChI=1S/C22H18FN5O2/c1-15-17(13-26-28(15)19-6-3-2-5-18(19)23)22(29)27-21-20(7-4-10-25-21)30-14-16-8-11-24-12-9-16/h2-13H,14H2,1H3,(H,25,27,29). The quantitative estimate of drug-likeness (QED) is 0.527. The highest BCUT2D eigenvalue weighted by molar-refractivity contribution is 6.05. The van der Waals surface area contributed by atoms with E-state index in [0.29, 0.717) is 23.6 Å². The molecule has 150 valence electrons. The summed E-state index contributed by atoms with van der Waals surface area (Å²) in [4.78, 5) is 21.0. The molecule has 0 unspecified atom stereocenters. The summed E-state index contributed by atoms with van der Waals surface area (Å²) in [6, 6.07) is 13.4. The summed E-state index contributed by atoms with van der Waals surface area (Å²) in [6.07, 6.45) is 6.32. The summed E-state index contributed by atoms with van der Waals surface area (Å²) >= 11 is 0. The number of para-hydroxylation sites is 1. The molecule has 0 radical (unpaired) electrons. The lowest BCUT2D eigenvalue weighted by Crippen LogP contribution is -2.15. The summed E-state index contributed by atoms with van der Waals surface area (Å²) in [5.41, 5.74) is 2.03. The lowest BCUT2D eigenvalue weighted by Gasteiger charge is -2.11. The van der Waals surface area contributed by atoms with Gasteiger partial charge < -0.3 is 10.1 Å². The van der Waals surface area contributed by atoms with Crippen LogP contribution in [0.1, 0.15) is 21.6 Å². The van der Waals surface area contributed by atoms with Crippen LogP contribution in [0.15, 0.2) is 73.3 Å². The highest BCUT2D eigenvalue weighted by Crippen LogP contribution is 2.24. The molecule has 3 heterocycles. The van der Waals surface area contributed by atoms with Crippen LogP contribution in [0.3, 0.4) is 0 Å². The minimum atomic E-state index is -0.424. The van der Waals surface area contributed by atoms with Gasteiger partial charge in [0.2, 0.25) is 0 Å². The van der Waals surface area contributed by atoms with Crippen molar-refractivity contribution in [1.29, 1.82) is 0 Å². The number of ether oxygens (including phenoxy) is 1. The van der Waals surface area contributed by atoms with E-state index in [0.717, 1.165) is 5.56 Å². The SMILES string of the molecule is Cc1c(C(=O)Nc2ncccc2OCc2ccncc2)cnn1-c1ccccc1F. The van der Waals surface area contributed by atoms with E-state index < -0.39 is 11.7 Å². The molecule has 1 amide bonds. The first-order chi connectivity index (χ1) is 14.6. The number of nitrogens with zero attached hydrogens (tertiary/aromatic N) is 4. The number of aromatic nitrogens is 4. The van der Waals surface area contributed by atoms with Gasteiger partial charge in [0.05, 0.1) is 17.5 Å². The first-order valence-electron chi connectivity index (χ1n) is 9.21. The van der Waals surface area contributed by atoms with Gasteiger partial charge in [-0.3, -0.25) is 9.78 Å². The van der Waals surface area contributed by atoms with Crippen LogP contribution in [-0.4, -0.2) is 25.7 Å². The average molecular weight is 403 g/mol. The first-order valence-corrected chi connectivity index (χ1v) is 9.21.